The molecule has 0 aliphatic heterocycles. The Morgan fingerprint density at radius 1 is 1.50 bits per heavy atom. The fourth-order valence-electron chi connectivity index (χ4n) is 1.70. The zero-order valence-corrected chi connectivity index (χ0v) is 9.87. The van der Waals surface area contributed by atoms with Crippen LogP contribution in [0.3, 0.4) is 0 Å². The highest BCUT2D eigenvalue weighted by Crippen LogP contribution is 2.19. The van der Waals surface area contributed by atoms with Gasteiger partial charge in [0.1, 0.15) is 5.65 Å². The lowest BCUT2D eigenvalue weighted by atomic mass is 10.2. The normalized spacial score (nSPS) is 10.9. The number of hydrogen-bond acceptors (Lipinski definition) is 2. The molecule has 0 spiro atoms. The average Bonchev–Trinajstić information content (AvgIpc) is 2.29. The highest BCUT2D eigenvalue weighted by molar-refractivity contribution is 6.35. The summed E-state index contributed by atoms with van der Waals surface area (Å²) in [5, 5.41) is 1.31. The molecular weight excluding hydrogens is 224 g/mol. The first-order chi connectivity index (χ1) is 7.74. The molecular formula is C12H13ClN2O. The second-order valence-electron chi connectivity index (χ2n) is 3.71. The lowest BCUT2D eigenvalue weighted by Gasteiger charge is -2.09. The molecule has 0 saturated heterocycles. The van der Waals surface area contributed by atoms with E-state index >= 15 is 0 Å². The van der Waals surface area contributed by atoms with Crippen LogP contribution in [0.5, 0.6) is 0 Å². The fourth-order valence-corrected chi connectivity index (χ4v) is 1.94. The number of fused-ring (bicyclic) bond motifs is 1. The smallest absolute Gasteiger partial charge is 0.253 e. The monoisotopic (exact) mass is 236 g/mol. The standard InChI is InChI=1S/C12H13ClN2O/c1-2-3-7-15-11(16)8-10(13)9-5-4-6-14-12(9)15/h4-6,8H,2-3,7H2,1H3. The van der Waals surface area contributed by atoms with Gasteiger partial charge in [-0.1, -0.05) is 24.9 Å². The second kappa shape index (κ2) is 4.66. The van der Waals surface area contributed by atoms with Crippen LogP contribution >= 0.6 is 11.6 Å². The van der Waals surface area contributed by atoms with Crippen LogP contribution in [-0.4, -0.2) is 9.55 Å². The summed E-state index contributed by atoms with van der Waals surface area (Å²) in [6.45, 7) is 2.79. The van der Waals surface area contributed by atoms with Gasteiger partial charge >= 0.3 is 0 Å². The summed E-state index contributed by atoms with van der Waals surface area (Å²) in [4.78, 5) is 16.0. The molecule has 0 saturated carbocycles. The minimum atomic E-state index is -0.0790. The Balaban J connectivity index is 2.66. The predicted molar refractivity (Wildman–Crippen MR) is 65.9 cm³/mol. The molecule has 2 aromatic heterocycles. The molecule has 0 aromatic carbocycles. The topological polar surface area (TPSA) is 34.9 Å². The maximum atomic E-state index is 11.8. The largest absolute Gasteiger partial charge is 0.293 e. The van der Waals surface area contributed by atoms with Crippen LogP contribution < -0.4 is 5.56 Å². The minimum Gasteiger partial charge on any atom is -0.293 e. The number of aryl methyl sites for hydroxylation is 1. The summed E-state index contributed by atoms with van der Waals surface area (Å²) in [5.74, 6) is 0. The molecule has 2 rings (SSSR count). The minimum absolute atomic E-state index is 0.0790. The molecule has 4 heteroatoms. The van der Waals surface area contributed by atoms with Gasteiger partial charge in [0, 0.05) is 24.2 Å². The summed E-state index contributed by atoms with van der Waals surface area (Å²) in [6.07, 6.45) is 3.69. The third kappa shape index (κ3) is 1.95. The van der Waals surface area contributed by atoms with Crippen molar-refractivity contribution in [3.63, 3.8) is 0 Å². The Hall–Kier alpha value is -1.35. The van der Waals surface area contributed by atoms with Crippen LogP contribution in [0.2, 0.25) is 5.02 Å². The van der Waals surface area contributed by atoms with Crippen LogP contribution in [0.15, 0.2) is 29.2 Å². The third-order valence-electron chi connectivity index (χ3n) is 2.55. The number of aromatic nitrogens is 2. The number of pyridine rings is 2. The van der Waals surface area contributed by atoms with Gasteiger partial charge in [0.05, 0.1) is 5.02 Å². The summed E-state index contributed by atoms with van der Waals surface area (Å²) in [6, 6.07) is 5.16. The molecule has 2 aromatic rings. The summed E-state index contributed by atoms with van der Waals surface area (Å²) in [7, 11) is 0. The number of nitrogens with zero attached hydrogens (tertiary/aromatic N) is 2. The first-order valence-electron chi connectivity index (χ1n) is 5.38. The molecule has 16 heavy (non-hydrogen) atoms. The van der Waals surface area contributed by atoms with E-state index in [4.69, 9.17) is 11.6 Å². The van der Waals surface area contributed by atoms with Gasteiger partial charge in [-0.25, -0.2) is 4.98 Å². The Labute approximate surface area is 98.7 Å². The number of unbranched alkanes of at least 4 members (excludes halogenated alkanes) is 1. The average molecular weight is 237 g/mol. The van der Waals surface area contributed by atoms with Crippen molar-refractivity contribution >= 4 is 22.6 Å². The van der Waals surface area contributed by atoms with Crippen molar-refractivity contribution in [2.45, 2.75) is 26.3 Å². The van der Waals surface area contributed by atoms with Crippen LogP contribution in [0.1, 0.15) is 19.8 Å². The highest BCUT2D eigenvalue weighted by atomic mass is 35.5. The molecule has 0 radical (unpaired) electrons. The Morgan fingerprint density at radius 3 is 3.06 bits per heavy atom. The molecule has 0 atom stereocenters. The fraction of sp³-hybridized carbons (Fsp3) is 0.333. The van der Waals surface area contributed by atoms with Gasteiger partial charge in [0.2, 0.25) is 0 Å². The first kappa shape index (κ1) is 11.1. The maximum Gasteiger partial charge on any atom is 0.253 e. The molecule has 3 nitrogen and oxygen atoms in total. The maximum absolute atomic E-state index is 11.8. The van der Waals surface area contributed by atoms with Crippen molar-refractivity contribution in [3.8, 4) is 0 Å². The summed E-state index contributed by atoms with van der Waals surface area (Å²) < 4.78 is 1.69. The van der Waals surface area contributed by atoms with Crippen molar-refractivity contribution in [1.82, 2.24) is 9.55 Å². The zero-order valence-electron chi connectivity index (χ0n) is 9.11. The van der Waals surface area contributed by atoms with Crippen molar-refractivity contribution in [1.29, 1.82) is 0 Å². The van der Waals surface area contributed by atoms with E-state index in [1.807, 2.05) is 12.1 Å². The second-order valence-corrected chi connectivity index (χ2v) is 4.12. The van der Waals surface area contributed by atoms with E-state index in [0.29, 0.717) is 17.2 Å². The molecule has 0 fully saturated rings. The van der Waals surface area contributed by atoms with Gasteiger partial charge in [0.25, 0.3) is 5.56 Å². The molecule has 0 bridgehead atoms. The van der Waals surface area contributed by atoms with Crippen LogP contribution in [0.25, 0.3) is 11.0 Å². The molecule has 0 unspecified atom stereocenters. The summed E-state index contributed by atoms with van der Waals surface area (Å²) >= 11 is 6.01. The van der Waals surface area contributed by atoms with E-state index in [1.54, 1.807) is 10.8 Å². The van der Waals surface area contributed by atoms with Gasteiger partial charge < -0.3 is 0 Å². The molecule has 2 heterocycles. The number of halogens is 1. The lowest BCUT2D eigenvalue weighted by Crippen LogP contribution is -2.20. The molecule has 0 N–H and O–H groups in total. The number of hydrogen-bond donors (Lipinski definition) is 0. The van der Waals surface area contributed by atoms with Gasteiger partial charge in [-0.3, -0.25) is 9.36 Å². The van der Waals surface area contributed by atoms with Gasteiger partial charge in [-0.15, -0.1) is 0 Å². The SMILES string of the molecule is CCCCn1c(=O)cc(Cl)c2cccnc21. The van der Waals surface area contributed by atoms with E-state index < -0.39 is 0 Å². The first-order valence-corrected chi connectivity index (χ1v) is 5.76. The Kier molecular flexibility index (Phi) is 3.25. The highest BCUT2D eigenvalue weighted by Gasteiger charge is 2.07. The van der Waals surface area contributed by atoms with E-state index in [1.165, 1.54) is 6.07 Å². The summed E-state index contributed by atoms with van der Waals surface area (Å²) in [5.41, 5.74) is 0.595. The van der Waals surface area contributed by atoms with Crippen LogP contribution in [0, 0.1) is 0 Å². The van der Waals surface area contributed by atoms with Gasteiger partial charge in [-0.2, -0.15) is 0 Å². The third-order valence-corrected chi connectivity index (χ3v) is 2.86. The van der Waals surface area contributed by atoms with E-state index in [0.717, 1.165) is 18.2 Å². The van der Waals surface area contributed by atoms with Crippen LogP contribution in [0.4, 0.5) is 0 Å². The quantitative estimate of drug-likeness (QED) is 0.822. The Morgan fingerprint density at radius 2 is 2.31 bits per heavy atom. The van der Waals surface area contributed by atoms with Crippen LogP contribution in [-0.2, 0) is 6.54 Å². The molecule has 0 aliphatic carbocycles. The van der Waals surface area contributed by atoms with Crippen molar-refractivity contribution in [2.75, 3.05) is 0 Å². The van der Waals surface area contributed by atoms with Crippen molar-refractivity contribution < 1.29 is 0 Å². The van der Waals surface area contributed by atoms with Gasteiger partial charge in [-0.05, 0) is 18.6 Å². The van der Waals surface area contributed by atoms with E-state index in [9.17, 15) is 4.79 Å². The molecule has 84 valence electrons. The van der Waals surface area contributed by atoms with Gasteiger partial charge in [0.15, 0.2) is 0 Å². The van der Waals surface area contributed by atoms with Crippen molar-refractivity contribution in [3.05, 3.63) is 39.8 Å². The van der Waals surface area contributed by atoms with E-state index in [2.05, 4.69) is 11.9 Å². The lowest BCUT2D eigenvalue weighted by molar-refractivity contribution is 0.627. The Bertz CT molecular complexity index is 562. The predicted octanol–water partition coefficient (Wildman–Crippen LogP) is 2.85. The number of rotatable bonds is 3. The van der Waals surface area contributed by atoms with E-state index in [-0.39, 0.29) is 5.56 Å². The zero-order chi connectivity index (χ0) is 11.5. The molecule has 0 aliphatic rings. The molecule has 0 amide bonds. The van der Waals surface area contributed by atoms with Crippen molar-refractivity contribution in [2.24, 2.45) is 0 Å².